The molecule has 0 atom stereocenters. The lowest BCUT2D eigenvalue weighted by molar-refractivity contribution is 0.0955. The monoisotopic (exact) mass is 565 g/mol. The van der Waals surface area contributed by atoms with Gasteiger partial charge in [0.25, 0.3) is 5.91 Å². The van der Waals surface area contributed by atoms with Crippen molar-refractivity contribution in [2.75, 3.05) is 7.11 Å². The summed E-state index contributed by atoms with van der Waals surface area (Å²) in [5.74, 6) is 0.824. The fourth-order valence-corrected chi connectivity index (χ4v) is 4.28. The first-order valence-electron chi connectivity index (χ1n) is 11.2. The van der Waals surface area contributed by atoms with Crippen LogP contribution in [0.25, 0.3) is 5.69 Å². The molecule has 0 aliphatic rings. The van der Waals surface area contributed by atoms with Crippen LogP contribution in [-0.2, 0) is 6.61 Å². The molecule has 3 aromatic carbocycles. The van der Waals surface area contributed by atoms with Crippen molar-refractivity contribution >= 4 is 39.7 Å². The molecule has 0 unspecified atom stereocenters. The number of benzene rings is 3. The highest BCUT2D eigenvalue weighted by atomic mass is 79.9. The van der Waals surface area contributed by atoms with Crippen molar-refractivity contribution in [3.05, 3.63) is 110 Å². The van der Waals surface area contributed by atoms with Crippen molar-refractivity contribution in [2.45, 2.75) is 20.5 Å². The van der Waals surface area contributed by atoms with Gasteiger partial charge in [-0.3, -0.25) is 4.79 Å². The number of rotatable bonds is 8. The van der Waals surface area contributed by atoms with Gasteiger partial charge in [0.15, 0.2) is 11.5 Å². The fraction of sp³-hybridized carbons (Fsp3) is 0.143. The van der Waals surface area contributed by atoms with E-state index in [4.69, 9.17) is 21.1 Å². The summed E-state index contributed by atoms with van der Waals surface area (Å²) in [6.45, 7) is 4.47. The number of ether oxygens (including phenoxy) is 2. The molecule has 4 rings (SSSR count). The van der Waals surface area contributed by atoms with Crippen LogP contribution >= 0.6 is 27.5 Å². The van der Waals surface area contributed by atoms with Gasteiger partial charge >= 0.3 is 0 Å². The highest BCUT2D eigenvalue weighted by Crippen LogP contribution is 2.33. The number of hydrogen-bond acceptors (Lipinski definition) is 4. The molecule has 0 saturated carbocycles. The lowest BCUT2D eigenvalue weighted by Gasteiger charge is -2.13. The minimum atomic E-state index is -0.301. The van der Waals surface area contributed by atoms with Crippen LogP contribution in [0.2, 0.25) is 5.02 Å². The van der Waals surface area contributed by atoms with Crippen LogP contribution in [0.1, 0.15) is 32.9 Å². The molecule has 1 aromatic heterocycles. The zero-order valence-corrected chi connectivity index (χ0v) is 22.4. The summed E-state index contributed by atoms with van der Waals surface area (Å²) in [5.41, 5.74) is 8.07. The number of carbonyl (C=O) groups is 1. The molecule has 0 aliphatic carbocycles. The maximum absolute atomic E-state index is 12.6. The molecule has 0 spiro atoms. The molecule has 0 aliphatic heterocycles. The van der Waals surface area contributed by atoms with E-state index in [9.17, 15) is 4.79 Å². The van der Waals surface area contributed by atoms with Gasteiger partial charge in [-0.2, -0.15) is 5.10 Å². The van der Waals surface area contributed by atoms with Crippen molar-refractivity contribution in [3.8, 4) is 17.2 Å². The first-order chi connectivity index (χ1) is 17.4. The van der Waals surface area contributed by atoms with E-state index in [1.165, 1.54) is 0 Å². The second kappa shape index (κ2) is 11.5. The Bertz CT molecular complexity index is 1380. The lowest BCUT2D eigenvalue weighted by Crippen LogP contribution is -2.17. The van der Waals surface area contributed by atoms with Crippen LogP contribution in [0.5, 0.6) is 11.5 Å². The number of halogens is 2. The van der Waals surface area contributed by atoms with E-state index in [-0.39, 0.29) is 5.91 Å². The van der Waals surface area contributed by atoms with Crippen molar-refractivity contribution in [3.63, 3.8) is 0 Å². The van der Waals surface area contributed by atoms with Crippen molar-refractivity contribution in [2.24, 2.45) is 5.10 Å². The number of amides is 1. The van der Waals surface area contributed by atoms with Crippen LogP contribution in [0.4, 0.5) is 0 Å². The largest absolute Gasteiger partial charge is 0.493 e. The van der Waals surface area contributed by atoms with Gasteiger partial charge in [0, 0.05) is 37.7 Å². The lowest BCUT2D eigenvalue weighted by atomic mass is 10.2. The number of nitrogens with one attached hydrogen (secondary N) is 1. The number of carbonyl (C=O) groups excluding carboxylic acids is 1. The molecular formula is C28H25BrClN3O3. The summed E-state index contributed by atoms with van der Waals surface area (Å²) < 4.78 is 14.3. The van der Waals surface area contributed by atoms with Crippen LogP contribution < -0.4 is 14.9 Å². The molecule has 1 N–H and O–H groups in total. The van der Waals surface area contributed by atoms with Gasteiger partial charge < -0.3 is 14.0 Å². The molecule has 0 saturated heterocycles. The van der Waals surface area contributed by atoms with Crippen molar-refractivity contribution < 1.29 is 14.3 Å². The topological polar surface area (TPSA) is 64.8 Å². The second-order valence-electron chi connectivity index (χ2n) is 8.14. The van der Waals surface area contributed by atoms with Gasteiger partial charge in [0.1, 0.15) is 6.61 Å². The smallest absolute Gasteiger partial charge is 0.271 e. The van der Waals surface area contributed by atoms with Crippen molar-refractivity contribution in [1.29, 1.82) is 0 Å². The third kappa shape index (κ3) is 5.98. The summed E-state index contributed by atoms with van der Waals surface area (Å²) in [4.78, 5) is 12.6. The van der Waals surface area contributed by atoms with Gasteiger partial charge in [-0.05, 0) is 96.0 Å². The maximum Gasteiger partial charge on any atom is 0.271 e. The Morgan fingerprint density at radius 2 is 1.67 bits per heavy atom. The zero-order chi connectivity index (χ0) is 25.7. The van der Waals surface area contributed by atoms with E-state index in [0.717, 1.165) is 32.7 Å². The minimum absolute atomic E-state index is 0.301. The molecule has 8 heteroatoms. The van der Waals surface area contributed by atoms with Gasteiger partial charge in [-0.25, -0.2) is 5.43 Å². The summed E-state index contributed by atoms with van der Waals surface area (Å²) in [7, 11) is 1.57. The average Bonchev–Trinajstić information content (AvgIpc) is 3.22. The molecule has 0 bridgehead atoms. The normalized spacial score (nSPS) is 11.0. The Hall–Kier alpha value is -3.55. The Morgan fingerprint density at radius 1 is 1.00 bits per heavy atom. The molecular weight excluding hydrogens is 542 g/mol. The standard InChI is InChI=1S/C28H25BrClN3O3/c1-18-4-5-19(2)33(18)24-12-8-21(9-13-24)28(34)32-31-16-22-14-26(35-3)27(15-25(22)29)36-17-20-6-10-23(30)11-7-20/h4-16H,17H2,1-3H3,(H,32,34)/b31-16-. The summed E-state index contributed by atoms with van der Waals surface area (Å²) in [6, 6.07) is 22.6. The molecule has 6 nitrogen and oxygen atoms in total. The van der Waals surface area contributed by atoms with E-state index < -0.39 is 0 Å². The van der Waals surface area contributed by atoms with Crippen LogP contribution in [0.3, 0.4) is 0 Å². The third-order valence-corrected chi connectivity index (χ3v) is 6.56. The van der Waals surface area contributed by atoms with Crippen LogP contribution in [-0.4, -0.2) is 23.8 Å². The fourth-order valence-electron chi connectivity index (χ4n) is 3.73. The van der Waals surface area contributed by atoms with Crippen LogP contribution in [0, 0.1) is 13.8 Å². The van der Waals surface area contributed by atoms with E-state index in [2.05, 4.69) is 43.2 Å². The molecule has 1 heterocycles. The third-order valence-electron chi connectivity index (χ3n) is 5.62. The molecule has 4 aromatic rings. The van der Waals surface area contributed by atoms with E-state index in [1.807, 2.05) is 56.3 Å². The van der Waals surface area contributed by atoms with E-state index >= 15 is 0 Å². The number of aromatic nitrogens is 1. The summed E-state index contributed by atoms with van der Waals surface area (Å²) >= 11 is 9.48. The first-order valence-corrected chi connectivity index (χ1v) is 12.4. The van der Waals surface area contributed by atoms with Crippen LogP contribution in [0.15, 0.2) is 82.4 Å². The van der Waals surface area contributed by atoms with Crippen molar-refractivity contribution in [1.82, 2.24) is 9.99 Å². The average molecular weight is 567 g/mol. The van der Waals surface area contributed by atoms with Gasteiger partial charge in [-0.1, -0.05) is 23.7 Å². The summed E-state index contributed by atoms with van der Waals surface area (Å²) in [6.07, 6.45) is 1.55. The number of hydrazone groups is 1. The maximum atomic E-state index is 12.6. The van der Waals surface area contributed by atoms with Gasteiger partial charge in [0.2, 0.25) is 0 Å². The second-order valence-corrected chi connectivity index (χ2v) is 9.43. The quantitative estimate of drug-likeness (QED) is 0.187. The van der Waals surface area contributed by atoms with E-state index in [0.29, 0.717) is 28.7 Å². The zero-order valence-electron chi connectivity index (χ0n) is 20.1. The molecule has 1 amide bonds. The predicted octanol–water partition coefficient (Wildman–Crippen LogP) is 6.86. The number of nitrogens with zero attached hydrogens (tertiary/aromatic N) is 2. The molecule has 184 valence electrons. The first kappa shape index (κ1) is 25.5. The SMILES string of the molecule is COc1cc(/C=N\NC(=O)c2ccc(-n3c(C)ccc3C)cc2)c(Br)cc1OCc1ccc(Cl)cc1. The Morgan fingerprint density at radius 3 is 2.31 bits per heavy atom. The number of aryl methyl sites for hydroxylation is 2. The molecule has 36 heavy (non-hydrogen) atoms. The van der Waals surface area contributed by atoms with Gasteiger partial charge in [0.05, 0.1) is 13.3 Å². The highest BCUT2D eigenvalue weighted by Gasteiger charge is 2.11. The number of hydrogen-bond donors (Lipinski definition) is 1. The number of methoxy groups -OCH3 is 1. The molecule has 0 fully saturated rings. The highest BCUT2D eigenvalue weighted by molar-refractivity contribution is 9.10. The Labute approximate surface area is 223 Å². The van der Waals surface area contributed by atoms with Gasteiger partial charge in [-0.15, -0.1) is 0 Å². The predicted molar refractivity (Wildman–Crippen MR) is 147 cm³/mol. The van der Waals surface area contributed by atoms with E-state index in [1.54, 1.807) is 31.5 Å². The Kier molecular flexibility index (Phi) is 8.13. The Balaban J connectivity index is 1.41. The minimum Gasteiger partial charge on any atom is -0.493 e. The molecule has 0 radical (unpaired) electrons. The summed E-state index contributed by atoms with van der Waals surface area (Å²) in [5, 5.41) is 4.79.